The van der Waals surface area contributed by atoms with Crippen LogP contribution in [0.4, 0.5) is 5.69 Å². The summed E-state index contributed by atoms with van der Waals surface area (Å²) in [5.74, 6) is -1.55. The van der Waals surface area contributed by atoms with Crippen molar-refractivity contribution in [2.75, 3.05) is 11.9 Å². The molecule has 2 aromatic carbocycles. The molecule has 7 heteroatoms. The minimum atomic E-state index is -0.996. The highest BCUT2D eigenvalue weighted by Gasteiger charge is 2.20. The van der Waals surface area contributed by atoms with Crippen molar-refractivity contribution in [2.45, 2.75) is 39.7 Å². The Labute approximate surface area is 175 Å². The molecule has 6 nitrogen and oxygen atoms in total. The average molecular weight is 417 g/mol. The third-order valence-electron chi connectivity index (χ3n) is 4.42. The number of nitrogens with one attached hydrogen (secondary N) is 2. The van der Waals surface area contributed by atoms with E-state index in [4.69, 9.17) is 16.3 Å². The molecule has 0 bridgehead atoms. The van der Waals surface area contributed by atoms with Gasteiger partial charge in [0.2, 0.25) is 0 Å². The highest BCUT2D eigenvalue weighted by atomic mass is 35.5. The van der Waals surface area contributed by atoms with E-state index < -0.39 is 23.9 Å². The summed E-state index contributed by atoms with van der Waals surface area (Å²) < 4.78 is 5.15. The molecule has 0 unspecified atom stereocenters. The van der Waals surface area contributed by atoms with Gasteiger partial charge in [-0.3, -0.25) is 14.4 Å². The summed E-state index contributed by atoms with van der Waals surface area (Å²) in [5.41, 5.74) is 3.18. The Hall–Kier alpha value is -2.86. The third kappa shape index (κ3) is 6.32. The topological polar surface area (TPSA) is 84.5 Å². The van der Waals surface area contributed by atoms with Crippen LogP contribution in [0.1, 0.15) is 42.3 Å². The summed E-state index contributed by atoms with van der Waals surface area (Å²) >= 11 is 5.78. The first-order valence-electron chi connectivity index (χ1n) is 9.50. The minimum Gasteiger partial charge on any atom is -0.451 e. The Kier molecular flexibility index (Phi) is 8.21. The smallest absolute Gasteiger partial charge is 0.326 e. The van der Waals surface area contributed by atoms with E-state index in [-0.39, 0.29) is 6.54 Å². The highest BCUT2D eigenvalue weighted by molar-refractivity contribution is 6.30. The Morgan fingerprint density at radius 3 is 2.14 bits per heavy atom. The Morgan fingerprint density at radius 1 is 1.00 bits per heavy atom. The van der Waals surface area contributed by atoms with Crippen LogP contribution < -0.4 is 10.6 Å². The van der Waals surface area contributed by atoms with Crippen molar-refractivity contribution in [3.05, 3.63) is 64.2 Å². The van der Waals surface area contributed by atoms with E-state index in [9.17, 15) is 14.4 Å². The molecule has 29 heavy (non-hydrogen) atoms. The second-order valence-corrected chi connectivity index (χ2v) is 6.91. The van der Waals surface area contributed by atoms with Crippen molar-refractivity contribution in [2.24, 2.45) is 0 Å². The van der Waals surface area contributed by atoms with Gasteiger partial charge in [0.15, 0.2) is 6.10 Å². The number of carbonyl (C=O) groups excluding carboxylic acids is 3. The van der Waals surface area contributed by atoms with Gasteiger partial charge in [-0.05, 0) is 55.2 Å². The van der Waals surface area contributed by atoms with Crippen LogP contribution in [0.5, 0.6) is 0 Å². The number of para-hydroxylation sites is 1. The predicted molar refractivity (Wildman–Crippen MR) is 113 cm³/mol. The molecule has 0 aliphatic carbocycles. The standard InChI is InChI=1S/C22H25ClN2O4/c1-4-15-7-6-8-16(5-2)20(15)25-21(27)14(3)29-19(26)13-24-22(28)17-9-11-18(23)12-10-17/h6-12,14H,4-5,13H2,1-3H3,(H,24,28)(H,25,27)/t14-/m1/s1. The lowest BCUT2D eigenvalue weighted by molar-refractivity contribution is -0.152. The zero-order valence-electron chi connectivity index (χ0n) is 16.8. The van der Waals surface area contributed by atoms with Gasteiger partial charge >= 0.3 is 5.97 Å². The van der Waals surface area contributed by atoms with Gasteiger partial charge in [-0.25, -0.2) is 0 Å². The third-order valence-corrected chi connectivity index (χ3v) is 4.68. The molecule has 0 saturated heterocycles. The highest BCUT2D eigenvalue weighted by Crippen LogP contribution is 2.23. The fourth-order valence-corrected chi connectivity index (χ4v) is 2.90. The van der Waals surface area contributed by atoms with Crippen molar-refractivity contribution < 1.29 is 19.1 Å². The van der Waals surface area contributed by atoms with E-state index in [1.54, 1.807) is 24.3 Å². The van der Waals surface area contributed by atoms with E-state index >= 15 is 0 Å². The zero-order chi connectivity index (χ0) is 21.4. The fraction of sp³-hybridized carbons (Fsp3) is 0.318. The predicted octanol–water partition coefficient (Wildman–Crippen LogP) is 3.77. The lowest BCUT2D eigenvalue weighted by Gasteiger charge is -2.18. The lowest BCUT2D eigenvalue weighted by atomic mass is 10.0. The molecule has 2 N–H and O–H groups in total. The number of carbonyl (C=O) groups is 3. The first-order valence-corrected chi connectivity index (χ1v) is 9.88. The van der Waals surface area contributed by atoms with E-state index in [1.165, 1.54) is 6.92 Å². The Morgan fingerprint density at radius 2 is 1.59 bits per heavy atom. The monoisotopic (exact) mass is 416 g/mol. The minimum absolute atomic E-state index is 0.342. The number of halogens is 1. The Bertz CT molecular complexity index is 859. The molecule has 1 atom stereocenters. The number of benzene rings is 2. The van der Waals surface area contributed by atoms with Crippen molar-refractivity contribution in [1.29, 1.82) is 0 Å². The van der Waals surface area contributed by atoms with E-state index in [0.29, 0.717) is 10.6 Å². The molecule has 0 heterocycles. The van der Waals surface area contributed by atoms with E-state index in [0.717, 1.165) is 29.7 Å². The quantitative estimate of drug-likeness (QED) is 0.641. The van der Waals surface area contributed by atoms with E-state index in [1.807, 2.05) is 32.0 Å². The van der Waals surface area contributed by atoms with Crippen LogP contribution in [-0.4, -0.2) is 30.4 Å². The largest absolute Gasteiger partial charge is 0.451 e. The molecule has 154 valence electrons. The summed E-state index contributed by atoms with van der Waals surface area (Å²) in [4.78, 5) is 36.5. The first kappa shape index (κ1) is 22.4. The van der Waals surface area contributed by atoms with Crippen molar-refractivity contribution in [3.8, 4) is 0 Å². The van der Waals surface area contributed by atoms with Crippen molar-refractivity contribution in [3.63, 3.8) is 0 Å². The summed E-state index contributed by atoms with van der Waals surface area (Å²) in [6.45, 7) is 5.17. The average Bonchev–Trinajstić information content (AvgIpc) is 2.72. The van der Waals surface area contributed by atoms with Gasteiger partial charge < -0.3 is 15.4 Å². The summed E-state index contributed by atoms with van der Waals surface area (Å²) in [5, 5.41) is 5.84. The SMILES string of the molecule is CCc1cccc(CC)c1NC(=O)[C@@H](C)OC(=O)CNC(=O)c1ccc(Cl)cc1. The van der Waals surface area contributed by atoms with Crippen LogP contribution in [-0.2, 0) is 27.2 Å². The van der Waals surface area contributed by atoms with Crippen LogP contribution in [0.15, 0.2) is 42.5 Å². The molecule has 0 spiro atoms. The van der Waals surface area contributed by atoms with Gasteiger partial charge in [0.1, 0.15) is 6.54 Å². The molecule has 0 aliphatic heterocycles. The molecule has 2 rings (SSSR count). The van der Waals surface area contributed by atoms with Crippen LogP contribution in [0.2, 0.25) is 5.02 Å². The number of rotatable bonds is 8. The zero-order valence-corrected chi connectivity index (χ0v) is 17.5. The fourth-order valence-electron chi connectivity index (χ4n) is 2.78. The molecular formula is C22H25ClN2O4. The number of hydrogen-bond donors (Lipinski definition) is 2. The van der Waals surface area contributed by atoms with Crippen LogP contribution in [0.3, 0.4) is 0 Å². The first-order chi connectivity index (χ1) is 13.8. The van der Waals surface area contributed by atoms with Crippen LogP contribution in [0, 0.1) is 0 Å². The molecule has 2 amide bonds. The molecule has 2 aromatic rings. The Balaban J connectivity index is 1.90. The van der Waals surface area contributed by atoms with Gasteiger partial charge in [0, 0.05) is 16.3 Å². The van der Waals surface area contributed by atoms with Crippen molar-refractivity contribution >= 4 is 35.1 Å². The van der Waals surface area contributed by atoms with Gasteiger partial charge in [-0.2, -0.15) is 0 Å². The summed E-state index contributed by atoms with van der Waals surface area (Å²) in [7, 11) is 0. The molecule has 0 aromatic heterocycles. The van der Waals surface area contributed by atoms with Gasteiger partial charge in [0.05, 0.1) is 0 Å². The number of anilines is 1. The van der Waals surface area contributed by atoms with Crippen LogP contribution in [0.25, 0.3) is 0 Å². The number of hydrogen-bond acceptors (Lipinski definition) is 4. The number of aryl methyl sites for hydroxylation is 2. The van der Waals surface area contributed by atoms with Gasteiger partial charge in [0.25, 0.3) is 11.8 Å². The van der Waals surface area contributed by atoms with Gasteiger partial charge in [-0.15, -0.1) is 0 Å². The normalized spacial score (nSPS) is 11.4. The second kappa shape index (κ2) is 10.6. The maximum Gasteiger partial charge on any atom is 0.326 e. The number of esters is 1. The molecule has 0 radical (unpaired) electrons. The van der Waals surface area contributed by atoms with Crippen molar-refractivity contribution in [1.82, 2.24) is 5.32 Å². The molecule has 0 saturated carbocycles. The molecule has 0 fully saturated rings. The molecule has 0 aliphatic rings. The van der Waals surface area contributed by atoms with Crippen LogP contribution >= 0.6 is 11.6 Å². The summed E-state index contributed by atoms with van der Waals surface area (Å²) in [6.07, 6.45) is 0.549. The van der Waals surface area contributed by atoms with E-state index in [2.05, 4.69) is 10.6 Å². The number of ether oxygens (including phenoxy) is 1. The maximum absolute atomic E-state index is 12.5. The van der Waals surface area contributed by atoms with Gasteiger partial charge in [-0.1, -0.05) is 43.6 Å². The second-order valence-electron chi connectivity index (χ2n) is 6.47. The maximum atomic E-state index is 12.5. The lowest BCUT2D eigenvalue weighted by Crippen LogP contribution is -2.36. The number of amides is 2. The summed E-state index contributed by atoms with van der Waals surface area (Å²) in [6, 6.07) is 12.1. The molecular weight excluding hydrogens is 392 g/mol.